The van der Waals surface area contributed by atoms with Crippen molar-refractivity contribution in [2.75, 3.05) is 20.2 Å². The van der Waals surface area contributed by atoms with Crippen LogP contribution in [0.1, 0.15) is 24.8 Å². The summed E-state index contributed by atoms with van der Waals surface area (Å²) in [6, 6.07) is 7.91. The van der Waals surface area contributed by atoms with Gasteiger partial charge in [-0.15, -0.1) is 0 Å². The number of amides is 1. The van der Waals surface area contributed by atoms with Gasteiger partial charge in [0.2, 0.25) is 5.91 Å². The number of aliphatic carboxylic acids is 1. The Hall–Kier alpha value is -2.04. The number of carboxylic acids is 1. The van der Waals surface area contributed by atoms with E-state index < -0.39 is 5.97 Å². The molecular weight excluding hydrogens is 270 g/mol. The summed E-state index contributed by atoms with van der Waals surface area (Å²) in [6.45, 7) is 0.901. The minimum Gasteiger partial charge on any atom is -0.493 e. The minimum absolute atomic E-state index is 0.0122. The van der Waals surface area contributed by atoms with Crippen molar-refractivity contribution < 1.29 is 19.4 Å². The maximum Gasteiger partial charge on any atom is 0.305 e. The van der Waals surface area contributed by atoms with E-state index in [1.54, 1.807) is 11.9 Å². The third kappa shape index (κ3) is 2.37. The number of nitrogens with zero attached hydrogens (tertiary/aromatic N) is 1. The van der Waals surface area contributed by atoms with Gasteiger partial charge >= 0.3 is 5.97 Å². The first-order chi connectivity index (χ1) is 10.0. The molecule has 5 heteroatoms. The summed E-state index contributed by atoms with van der Waals surface area (Å²) < 4.78 is 5.66. The van der Waals surface area contributed by atoms with E-state index in [-0.39, 0.29) is 30.2 Å². The fourth-order valence-corrected chi connectivity index (χ4v) is 3.32. The predicted octanol–water partition coefficient (Wildman–Crippen LogP) is 1.66. The Morgan fingerprint density at radius 3 is 2.95 bits per heavy atom. The molecule has 0 bridgehead atoms. The molecule has 1 amide bonds. The molecule has 1 aromatic rings. The van der Waals surface area contributed by atoms with Crippen LogP contribution in [0.3, 0.4) is 0 Å². The number of fused-ring (bicyclic) bond motifs is 2. The van der Waals surface area contributed by atoms with Crippen LogP contribution in [0.2, 0.25) is 0 Å². The Balaban J connectivity index is 1.74. The van der Waals surface area contributed by atoms with Crippen molar-refractivity contribution in [2.24, 2.45) is 5.92 Å². The van der Waals surface area contributed by atoms with Crippen molar-refractivity contribution in [3.05, 3.63) is 29.8 Å². The average molecular weight is 289 g/mol. The number of ether oxygens (including phenoxy) is 1. The third-order valence-electron chi connectivity index (χ3n) is 4.64. The lowest BCUT2D eigenvalue weighted by molar-refractivity contribution is -0.138. The minimum atomic E-state index is -0.878. The third-order valence-corrected chi connectivity index (χ3v) is 4.64. The molecule has 1 saturated carbocycles. The normalized spacial score (nSPS) is 25.9. The molecule has 0 saturated heterocycles. The van der Waals surface area contributed by atoms with Crippen LogP contribution < -0.4 is 4.74 Å². The second-order valence-electron chi connectivity index (χ2n) is 5.91. The molecule has 2 aliphatic rings. The molecule has 1 aromatic carbocycles. The van der Waals surface area contributed by atoms with Gasteiger partial charge in [0.1, 0.15) is 5.75 Å². The molecule has 1 fully saturated rings. The van der Waals surface area contributed by atoms with Crippen LogP contribution in [0.25, 0.3) is 0 Å². The standard InChI is InChI=1S/C16H19NO4/c1-17(8-6-14(18)19)15(20)12-10-16(12)7-9-21-13-5-3-2-4-11(13)16/h2-5,12H,6-10H2,1H3,(H,18,19)/t12-,16-/m0/s1. The van der Waals surface area contributed by atoms with Crippen molar-refractivity contribution in [3.63, 3.8) is 0 Å². The van der Waals surface area contributed by atoms with Gasteiger partial charge in [0.05, 0.1) is 13.0 Å². The van der Waals surface area contributed by atoms with E-state index in [0.29, 0.717) is 6.61 Å². The highest BCUT2D eigenvalue weighted by molar-refractivity contribution is 5.85. The van der Waals surface area contributed by atoms with Crippen LogP contribution in [0, 0.1) is 5.92 Å². The Kier molecular flexibility index (Phi) is 3.35. The van der Waals surface area contributed by atoms with Gasteiger partial charge in [-0.1, -0.05) is 18.2 Å². The van der Waals surface area contributed by atoms with Crippen molar-refractivity contribution in [2.45, 2.75) is 24.7 Å². The monoisotopic (exact) mass is 289 g/mol. The average Bonchev–Trinajstić information content (AvgIpc) is 3.19. The van der Waals surface area contributed by atoms with Gasteiger partial charge in [-0.05, 0) is 18.9 Å². The Bertz CT molecular complexity index is 585. The number of carbonyl (C=O) groups is 2. The molecule has 112 valence electrons. The van der Waals surface area contributed by atoms with Crippen LogP contribution >= 0.6 is 0 Å². The van der Waals surface area contributed by atoms with Crippen molar-refractivity contribution in [3.8, 4) is 5.75 Å². The SMILES string of the molecule is CN(CCC(=O)O)C(=O)[C@@H]1C[C@]12CCOc1ccccc12. The first-order valence-corrected chi connectivity index (χ1v) is 7.24. The van der Waals surface area contributed by atoms with Gasteiger partial charge in [-0.2, -0.15) is 0 Å². The lowest BCUT2D eigenvalue weighted by Crippen LogP contribution is -2.34. The molecule has 0 unspecified atom stereocenters. The Morgan fingerprint density at radius 1 is 1.43 bits per heavy atom. The molecule has 0 radical (unpaired) electrons. The van der Waals surface area contributed by atoms with Crippen LogP contribution in [0.4, 0.5) is 0 Å². The van der Waals surface area contributed by atoms with Gasteiger partial charge < -0.3 is 14.7 Å². The molecule has 1 heterocycles. The first kappa shape index (κ1) is 13.9. The summed E-state index contributed by atoms with van der Waals surface area (Å²) in [5.74, 6) is 0.0121. The molecule has 1 aliphatic carbocycles. The lowest BCUT2D eigenvalue weighted by Gasteiger charge is -2.27. The van der Waals surface area contributed by atoms with E-state index >= 15 is 0 Å². The summed E-state index contributed by atoms with van der Waals surface area (Å²) in [7, 11) is 1.68. The molecule has 2 atom stereocenters. The van der Waals surface area contributed by atoms with Crippen LogP contribution in [-0.4, -0.2) is 42.1 Å². The Morgan fingerprint density at radius 2 is 2.19 bits per heavy atom. The van der Waals surface area contributed by atoms with Crippen LogP contribution in [-0.2, 0) is 15.0 Å². The number of para-hydroxylation sites is 1. The van der Waals surface area contributed by atoms with E-state index in [2.05, 4.69) is 0 Å². The van der Waals surface area contributed by atoms with Gasteiger partial charge in [-0.25, -0.2) is 0 Å². The summed E-state index contributed by atoms with van der Waals surface area (Å²) in [5, 5.41) is 8.72. The largest absolute Gasteiger partial charge is 0.493 e. The number of rotatable bonds is 4. The lowest BCUT2D eigenvalue weighted by atomic mass is 9.87. The quantitative estimate of drug-likeness (QED) is 0.915. The first-order valence-electron chi connectivity index (χ1n) is 7.24. The Labute approximate surface area is 123 Å². The number of hydrogen-bond donors (Lipinski definition) is 1. The van der Waals surface area contributed by atoms with E-state index in [9.17, 15) is 9.59 Å². The molecule has 0 aromatic heterocycles. The number of carbonyl (C=O) groups excluding carboxylic acids is 1. The number of hydrogen-bond acceptors (Lipinski definition) is 3. The second kappa shape index (κ2) is 5.06. The molecular formula is C16H19NO4. The number of carboxylic acid groups (broad SMARTS) is 1. The molecule has 1 spiro atoms. The summed E-state index contributed by atoms with van der Waals surface area (Å²) in [4.78, 5) is 24.7. The summed E-state index contributed by atoms with van der Waals surface area (Å²) in [5.41, 5.74) is 1.03. The fourth-order valence-electron chi connectivity index (χ4n) is 3.32. The van der Waals surface area contributed by atoms with Gasteiger partial charge in [-0.3, -0.25) is 9.59 Å². The highest BCUT2D eigenvalue weighted by Crippen LogP contribution is 2.61. The zero-order valence-corrected chi connectivity index (χ0v) is 12.0. The highest BCUT2D eigenvalue weighted by atomic mass is 16.5. The molecule has 1 aliphatic heterocycles. The van der Waals surface area contributed by atoms with Crippen molar-refractivity contribution in [1.82, 2.24) is 4.90 Å². The summed E-state index contributed by atoms with van der Waals surface area (Å²) >= 11 is 0. The maximum atomic E-state index is 12.5. The smallest absolute Gasteiger partial charge is 0.305 e. The van der Waals surface area contributed by atoms with Crippen LogP contribution in [0.5, 0.6) is 5.75 Å². The highest BCUT2D eigenvalue weighted by Gasteiger charge is 2.61. The van der Waals surface area contributed by atoms with Crippen molar-refractivity contribution >= 4 is 11.9 Å². The van der Waals surface area contributed by atoms with Gasteiger partial charge in [0.25, 0.3) is 0 Å². The predicted molar refractivity (Wildman–Crippen MR) is 76.2 cm³/mol. The fraction of sp³-hybridized carbons (Fsp3) is 0.500. The van der Waals surface area contributed by atoms with Crippen molar-refractivity contribution in [1.29, 1.82) is 0 Å². The summed E-state index contributed by atoms with van der Waals surface area (Å²) in [6.07, 6.45) is 1.68. The molecule has 1 N–H and O–H groups in total. The van der Waals surface area contributed by atoms with E-state index in [1.165, 1.54) is 0 Å². The zero-order chi connectivity index (χ0) is 15.0. The zero-order valence-electron chi connectivity index (χ0n) is 12.0. The molecule has 5 nitrogen and oxygen atoms in total. The molecule has 3 rings (SSSR count). The van der Waals surface area contributed by atoms with Gasteiger partial charge in [0.15, 0.2) is 0 Å². The molecule has 21 heavy (non-hydrogen) atoms. The van der Waals surface area contributed by atoms with E-state index in [0.717, 1.165) is 24.2 Å². The topological polar surface area (TPSA) is 66.8 Å². The van der Waals surface area contributed by atoms with E-state index in [4.69, 9.17) is 9.84 Å². The van der Waals surface area contributed by atoms with E-state index in [1.807, 2.05) is 24.3 Å². The maximum absolute atomic E-state index is 12.5. The second-order valence-corrected chi connectivity index (χ2v) is 5.91. The number of benzene rings is 1. The van der Waals surface area contributed by atoms with Crippen LogP contribution in [0.15, 0.2) is 24.3 Å². The van der Waals surface area contributed by atoms with Gasteiger partial charge in [0, 0.05) is 30.5 Å².